The third kappa shape index (κ3) is 7.23. The van der Waals surface area contributed by atoms with Crippen LogP contribution in [0.2, 0.25) is 0 Å². The van der Waals surface area contributed by atoms with E-state index in [1.807, 2.05) is 118 Å². The number of rotatable bonds is 9. The van der Waals surface area contributed by atoms with Gasteiger partial charge < -0.3 is 9.05 Å². The van der Waals surface area contributed by atoms with Crippen LogP contribution in [0.25, 0.3) is 5.57 Å². The number of hydrogen-bond acceptors (Lipinski definition) is 13. The van der Waals surface area contributed by atoms with Crippen LogP contribution in [0.5, 0.6) is 0 Å². The summed E-state index contributed by atoms with van der Waals surface area (Å²) in [6.07, 6.45) is 3.66. The van der Waals surface area contributed by atoms with Crippen LogP contribution >= 0.6 is 125 Å². The highest BCUT2D eigenvalue weighted by Gasteiger charge is 2.46. The predicted molar refractivity (Wildman–Crippen MR) is 232 cm³/mol. The van der Waals surface area contributed by atoms with E-state index in [1.54, 1.807) is 0 Å². The van der Waals surface area contributed by atoms with Gasteiger partial charge >= 0.3 is 7.60 Å². The van der Waals surface area contributed by atoms with Gasteiger partial charge in [-0.05, 0) is 58.8 Å². The van der Waals surface area contributed by atoms with E-state index < -0.39 is 13.3 Å². The third-order valence-corrected chi connectivity index (χ3v) is 25.5. The second-order valence-electron chi connectivity index (χ2n) is 11.6. The third-order valence-electron chi connectivity index (χ3n) is 8.25. The van der Waals surface area contributed by atoms with Crippen LogP contribution in [0.4, 0.5) is 0 Å². The average Bonchev–Trinajstić information content (AvgIpc) is 3.91. The molecule has 0 unspecified atom stereocenters. The van der Waals surface area contributed by atoms with Crippen LogP contribution in [0, 0.1) is 0 Å². The molecule has 0 radical (unpaired) electrons. The Labute approximate surface area is 332 Å². The highest BCUT2D eigenvalue weighted by atomic mass is 32.3. The molecule has 0 spiro atoms. The van der Waals surface area contributed by atoms with Crippen molar-refractivity contribution in [3.8, 4) is 0 Å². The van der Waals surface area contributed by atoms with Gasteiger partial charge in [-0.25, -0.2) is 0 Å². The summed E-state index contributed by atoms with van der Waals surface area (Å²) in [6.45, 7) is 9.58. The molecule has 0 amide bonds. The molecule has 256 valence electrons. The quantitative estimate of drug-likeness (QED) is 0.178. The molecule has 0 aromatic heterocycles. The first-order chi connectivity index (χ1) is 23.9. The Morgan fingerprint density at radius 2 is 0.878 bits per heavy atom. The van der Waals surface area contributed by atoms with Gasteiger partial charge in [0.05, 0.1) is 51.3 Å². The monoisotopic (exact) mass is 852 g/mol. The molecule has 6 aliphatic rings. The van der Waals surface area contributed by atoms with Crippen molar-refractivity contribution >= 4 is 131 Å². The first-order valence-electron chi connectivity index (χ1n) is 16.1. The molecular formula is C35H33O3PS10. The molecule has 2 aromatic rings. The van der Waals surface area contributed by atoms with Crippen LogP contribution in [0.1, 0.15) is 81.3 Å². The molecule has 1 aliphatic carbocycles. The summed E-state index contributed by atoms with van der Waals surface area (Å²) in [6, 6.07) is 17.0. The summed E-state index contributed by atoms with van der Waals surface area (Å²) >= 11 is 19.4. The highest BCUT2D eigenvalue weighted by Crippen LogP contribution is 2.75. The Balaban J connectivity index is 1.04. The van der Waals surface area contributed by atoms with E-state index in [0.29, 0.717) is 13.2 Å². The van der Waals surface area contributed by atoms with Gasteiger partial charge in [-0.3, -0.25) is 4.57 Å². The lowest BCUT2D eigenvalue weighted by Crippen LogP contribution is -2.17. The van der Waals surface area contributed by atoms with Crippen molar-refractivity contribution < 1.29 is 13.6 Å². The van der Waals surface area contributed by atoms with Crippen LogP contribution in [-0.2, 0) is 13.6 Å². The summed E-state index contributed by atoms with van der Waals surface area (Å²) in [5, 5.41) is 0. The first kappa shape index (κ1) is 36.5. The molecular weight excluding hydrogens is 820 g/mol. The van der Waals surface area contributed by atoms with E-state index in [4.69, 9.17) is 9.05 Å². The van der Waals surface area contributed by atoms with Gasteiger partial charge in [0.2, 0.25) is 0 Å². The minimum atomic E-state index is -3.52. The maximum absolute atomic E-state index is 14.9. The molecule has 0 bridgehead atoms. The van der Waals surface area contributed by atoms with Gasteiger partial charge in [-0.15, -0.1) is 0 Å². The maximum Gasteiger partial charge on any atom is 0.342 e. The van der Waals surface area contributed by atoms with Crippen molar-refractivity contribution in [2.75, 3.05) is 13.2 Å². The van der Waals surface area contributed by atoms with E-state index >= 15 is 0 Å². The zero-order valence-electron chi connectivity index (χ0n) is 27.2. The summed E-state index contributed by atoms with van der Waals surface area (Å²) < 4.78 is 40.1. The average molecular weight is 853 g/mol. The molecule has 0 atom stereocenters. The normalized spacial score (nSPS) is 21.9. The highest BCUT2D eigenvalue weighted by molar-refractivity contribution is 8.52. The summed E-state index contributed by atoms with van der Waals surface area (Å²) in [7, 11) is -3.52. The Morgan fingerprint density at radius 1 is 0.531 bits per heavy atom. The molecule has 5 aliphatic heterocycles. The van der Waals surface area contributed by atoms with E-state index in [-0.39, 0.29) is 0 Å². The fourth-order valence-corrected chi connectivity index (χ4v) is 23.9. The number of allylic oxidation sites excluding steroid dienone is 2. The van der Waals surface area contributed by atoms with Crippen molar-refractivity contribution in [2.24, 2.45) is 0 Å². The van der Waals surface area contributed by atoms with Gasteiger partial charge in [-0.2, -0.15) is 0 Å². The number of unbranched alkanes of at least 4 members (excludes halogenated alkanes) is 2. The SMILES string of the molecule is CCCCOP(=O)(OCCCC)C1c2ccccc2C(=C2SC3=C(SC(=C4SC5=C(SC(=C6SC(C)=C(C)S6)S5)S4)S3)S2)c2ccccc21. The maximum atomic E-state index is 14.9. The summed E-state index contributed by atoms with van der Waals surface area (Å²) in [4.78, 5) is 2.86. The Morgan fingerprint density at radius 3 is 1.27 bits per heavy atom. The fraction of sp³-hybridized carbons (Fsp3) is 0.314. The predicted octanol–water partition coefficient (Wildman–Crippen LogP) is 15.8. The van der Waals surface area contributed by atoms with Gasteiger partial charge in [-0.1, -0.05) is 193 Å². The number of thioether (sulfide) groups is 10. The topological polar surface area (TPSA) is 35.5 Å². The second kappa shape index (κ2) is 15.7. The van der Waals surface area contributed by atoms with Crippen molar-refractivity contribution in [3.63, 3.8) is 0 Å². The van der Waals surface area contributed by atoms with E-state index in [1.165, 1.54) is 53.5 Å². The molecule has 0 saturated heterocycles. The molecule has 3 nitrogen and oxygen atoms in total. The van der Waals surface area contributed by atoms with Gasteiger partial charge in [0.25, 0.3) is 0 Å². The molecule has 8 rings (SSSR count). The lowest BCUT2D eigenvalue weighted by Gasteiger charge is -2.35. The first-order valence-corrected chi connectivity index (χ1v) is 25.9. The summed E-state index contributed by atoms with van der Waals surface area (Å²) in [5.74, 6) is 0. The van der Waals surface area contributed by atoms with Gasteiger partial charge in [0.15, 0.2) is 0 Å². The zero-order chi connectivity index (χ0) is 33.7. The lowest BCUT2D eigenvalue weighted by atomic mass is 9.82. The Hall–Kier alpha value is 0.530. The molecule has 0 N–H and O–H groups in total. The second-order valence-corrected chi connectivity index (χ2v) is 26.6. The van der Waals surface area contributed by atoms with Crippen LogP contribution < -0.4 is 0 Å². The number of fused-ring (bicyclic) bond motifs is 2. The minimum Gasteiger partial charge on any atom is -0.308 e. The molecule has 5 heterocycles. The van der Waals surface area contributed by atoms with E-state index in [2.05, 4.69) is 76.2 Å². The molecule has 0 saturated carbocycles. The summed E-state index contributed by atoms with van der Waals surface area (Å²) in [5.41, 5.74) is 5.12. The van der Waals surface area contributed by atoms with Crippen molar-refractivity contribution in [3.05, 3.63) is 119 Å². The fourth-order valence-electron chi connectivity index (χ4n) is 5.71. The van der Waals surface area contributed by atoms with Crippen molar-refractivity contribution in [2.45, 2.75) is 59.0 Å². The molecule has 14 heteroatoms. The standard InChI is InChI=1S/C35H33O3PS10/c1-5-7-17-37-39(36,38-18-8-6-2)26-23-15-11-9-13-21(23)25(22-14-10-12-16-24(22)26)27-42-30-31(43-27)47-34(46-30)35-48-32-33(49-35)45-29(44-32)28-40-19(3)20(4)41-28/h9-16,26H,5-8,17-18H2,1-4H3. The zero-order valence-corrected chi connectivity index (χ0v) is 36.3. The van der Waals surface area contributed by atoms with Gasteiger partial charge in [0.1, 0.15) is 5.66 Å². The van der Waals surface area contributed by atoms with Crippen molar-refractivity contribution in [1.29, 1.82) is 0 Å². The molecule has 0 fully saturated rings. The van der Waals surface area contributed by atoms with E-state index in [9.17, 15) is 4.57 Å². The van der Waals surface area contributed by atoms with Crippen molar-refractivity contribution in [1.82, 2.24) is 0 Å². The minimum absolute atomic E-state index is 0.434. The largest absolute Gasteiger partial charge is 0.342 e. The number of benzene rings is 2. The Kier molecular flexibility index (Phi) is 11.7. The van der Waals surface area contributed by atoms with Gasteiger partial charge in [0, 0.05) is 5.57 Å². The molecule has 49 heavy (non-hydrogen) atoms. The van der Waals surface area contributed by atoms with Crippen LogP contribution in [-0.4, -0.2) is 13.2 Å². The lowest BCUT2D eigenvalue weighted by molar-refractivity contribution is 0.195. The van der Waals surface area contributed by atoms with Crippen LogP contribution in [0.3, 0.4) is 0 Å². The van der Waals surface area contributed by atoms with Crippen LogP contribution in [0.15, 0.2) is 96.5 Å². The number of hydrogen-bond donors (Lipinski definition) is 0. The van der Waals surface area contributed by atoms with E-state index in [0.717, 1.165) is 47.9 Å². The molecule has 2 aromatic carbocycles. The smallest absolute Gasteiger partial charge is 0.308 e. The Bertz CT molecular complexity index is 1850.